The third-order valence-electron chi connectivity index (χ3n) is 4.18. The second kappa shape index (κ2) is 7.11. The van der Waals surface area contributed by atoms with Gasteiger partial charge in [0.1, 0.15) is 0 Å². The van der Waals surface area contributed by atoms with Gasteiger partial charge in [-0.3, -0.25) is 14.9 Å². The Bertz CT molecular complexity index is 766. The van der Waals surface area contributed by atoms with Gasteiger partial charge in [-0.05, 0) is 35.4 Å². The molecule has 8 nitrogen and oxygen atoms in total. The molecule has 0 unspecified atom stereocenters. The summed E-state index contributed by atoms with van der Waals surface area (Å²) in [6.45, 7) is 1.47. The fraction of sp³-hybridized carbons (Fsp3) is 0.278. The fourth-order valence-corrected chi connectivity index (χ4v) is 3.00. The van der Waals surface area contributed by atoms with E-state index in [-0.39, 0.29) is 20.1 Å². The maximum absolute atomic E-state index is 11.7. The van der Waals surface area contributed by atoms with E-state index in [1.54, 1.807) is 5.48 Å². The predicted molar refractivity (Wildman–Crippen MR) is 89.2 cm³/mol. The number of hydroxylamine groups is 1. The van der Waals surface area contributed by atoms with Crippen molar-refractivity contribution in [3.8, 4) is 23.0 Å². The van der Waals surface area contributed by atoms with Gasteiger partial charge in [0.05, 0.1) is 6.54 Å². The summed E-state index contributed by atoms with van der Waals surface area (Å²) in [5, 5.41) is 8.87. The van der Waals surface area contributed by atoms with Crippen LogP contribution in [0.15, 0.2) is 36.4 Å². The minimum Gasteiger partial charge on any atom is -0.454 e. The summed E-state index contributed by atoms with van der Waals surface area (Å²) in [5.74, 6) is 2.33. The first-order chi connectivity index (χ1) is 12.7. The number of hydrogen-bond donors (Lipinski definition) is 2. The second-order valence-electron chi connectivity index (χ2n) is 6.06. The molecule has 2 aliphatic rings. The van der Waals surface area contributed by atoms with Crippen LogP contribution in [0.5, 0.6) is 23.0 Å². The maximum Gasteiger partial charge on any atom is 0.257 e. The number of benzene rings is 2. The number of nitrogens with zero attached hydrogens (tertiary/aromatic N) is 1. The van der Waals surface area contributed by atoms with Crippen molar-refractivity contribution >= 4 is 5.91 Å². The van der Waals surface area contributed by atoms with E-state index in [0.717, 1.165) is 11.1 Å². The van der Waals surface area contributed by atoms with E-state index < -0.39 is 5.91 Å². The van der Waals surface area contributed by atoms with E-state index >= 15 is 0 Å². The highest BCUT2D eigenvalue weighted by molar-refractivity contribution is 5.76. The van der Waals surface area contributed by atoms with Crippen molar-refractivity contribution in [1.29, 1.82) is 0 Å². The molecule has 4 rings (SSSR count). The van der Waals surface area contributed by atoms with Crippen molar-refractivity contribution in [3.05, 3.63) is 47.5 Å². The first kappa shape index (κ1) is 16.5. The number of fused-ring (bicyclic) bond motifs is 2. The molecule has 0 saturated carbocycles. The Morgan fingerprint density at radius 3 is 1.88 bits per heavy atom. The van der Waals surface area contributed by atoms with E-state index in [9.17, 15) is 4.79 Å². The topological polar surface area (TPSA) is 89.5 Å². The molecule has 136 valence electrons. The van der Waals surface area contributed by atoms with Crippen LogP contribution in [0.1, 0.15) is 11.1 Å². The van der Waals surface area contributed by atoms with E-state index in [1.165, 1.54) is 0 Å². The van der Waals surface area contributed by atoms with Gasteiger partial charge >= 0.3 is 0 Å². The third-order valence-corrected chi connectivity index (χ3v) is 4.18. The molecular formula is C18H18N2O6. The van der Waals surface area contributed by atoms with Gasteiger partial charge in [0.25, 0.3) is 5.91 Å². The van der Waals surface area contributed by atoms with Gasteiger partial charge in [-0.1, -0.05) is 12.1 Å². The highest BCUT2D eigenvalue weighted by Crippen LogP contribution is 2.34. The van der Waals surface area contributed by atoms with Crippen LogP contribution in [-0.2, 0) is 17.9 Å². The van der Waals surface area contributed by atoms with Gasteiger partial charge in [-0.25, -0.2) is 5.48 Å². The highest BCUT2D eigenvalue weighted by Gasteiger charge is 2.18. The van der Waals surface area contributed by atoms with Crippen molar-refractivity contribution in [2.24, 2.45) is 0 Å². The molecule has 0 aromatic heterocycles. The molecule has 0 atom stereocenters. The summed E-state index contributed by atoms with van der Waals surface area (Å²) in [6.07, 6.45) is 0. The summed E-state index contributed by atoms with van der Waals surface area (Å²) < 4.78 is 21.4. The first-order valence-electron chi connectivity index (χ1n) is 8.13. The van der Waals surface area contributed by atoms with E-state index in [2.05, 4.69) is 0 Å². The van der Waals surface area contributed by atoms with Crippen molar-refractivity contribution < 1.29 is 28.9 Å². The Kier molecular flexibility index (Phi) is 4.51. The highest BCUT2D eigenvalue weighted by atomic mass is 16.7. The van der Waals surface area contributed by atoms with E-state index in [0.29, 0.717) is 36.1 Å². The minimum absolute atomic E-state index is 0.0411. The minimum atomic E-state index is -0.480. The first-order valence-corrected chi connectivity index (χ1v) is 8.13. The molecule has 0 radical (unpaired) electrons. The van der Waals surface area contributed by atoms with Crippen molar-refractivity contribution in [2.75, 3.05) is 20.1 Å². The molecular weight excluding hydrogens is 340 g/mol. The van der Waals surface area contributed by atoms with Crippen LogP contribution in [0.2, 0.25) is 0 Å². The molecule has 26 heavy (non-hydrogen) atoms. The Morgan fingerprint density at radius 1 is 0.885 bits per heavy atom. The average molecular weight is 358 g/mol. The Balaban J connectivity index is 1.51. The molecule has 8 heteroatoms. The van der Waals surface area contributed by atoms with E-state index in [4.69, 9.17) is 24.2 Å². The molecule has 0 bridgehead atoms. The van der Waals surface area contributed by atoms with Gasteiger partial charge in [-0.15, -0.1) is 0 Å². The normalized spacial score (nSPS) is 13.9. The number of carbonyl (C=O) groups is 1. The molecule has 0 aliphatic carbocycles. The lowest BCUT2D eigenvalue weighted by Gasteiger charge is -2.21. The molecule has 2 heterocycles. The zero-order valence-electron chi connectivity index (χ0n) is 13.9. The molecule has 2 aromatic rings. The number of amides is 1. The van der Waals surface area contributed by atoms with E-state index in [1.807, 2.05) is 41.3 Å². The zero-order chi connectivity index (χ0) is 17.9. The smallest absolute Gasteiger partial charge is 0.257 e. The molecule has 2 aliphatic heterocycles. The zero-order valence-corrected chi connectivity index (χ0v) is 13.9. The fourth-order valence-electron chi connectivity index (χ4n) is 3.00. The monoisotopic (exact) mass is 358 g/mol. The average Bonchev–Trinajstić information content (AvgIpc) is 3.29. The standard InChI is InChI=1S/C18H18N2O6/c21-18(19-22)9-20(7-12-1-3-14-16(5-12)25-10-23-14)8-13-2-4-15-17(6-13)26-11-24-15/h1-6,22H,7-11H2,(H,19,21). The lowest BCUT2D eigenvalue weighted by atomic mass is 10.1. The van der Waals surface area contributed by atoms with Crippen LogP contribution in [0.4, 0.5) is 0 Å². The van der Waals surface area contributed by atoms with Crippen molar-refractivity contribution in [2.45, 2.75) is 13.1 Å². The van der Waals surface area contributed by atoms with Gasteiger partial charge in [0, 0.05) is 13.1 Å². The maximum atomic E-state index is 11.7. The summed E-state index contributed by atoms with van der Waals surface area (Å²) in [5.41, 5.74) is 3.63. The number of ether oxygens (including phenoxy) is 4. The molecule has 0 spiro atoms. The quantitative estimate of drug-likeness (QED) is 0.599. The SMILES string of the molecule is O=C(CN(Cc1ccc2c(c1)OCO2)Cc1ccc2c(c1)OCO2)NO. The van der Waals surface area contributed by atoms with Gasteiger partial charge < -0.3 is 18.9 Å². The Labute approximate surface area is 149 Å². The number of hydrogen-bond acceptors (Lipinski definition) is 7. The van der Waals surface area contributed by atoms with Crippen molar-refractivity contribution in [1.82, 2.24) is 10.4 Å². The number of carbonyl (C=O) groups excluding carboxylic acids is 1. The second-order valence-corrected chi connectivity index (χ2v) is 6.06. The molecule has 1 amide bonds. The summed E-state index contributed by atoms with van der Waals surface area (Å²) in [6, 6.07) is 11.3. The third kappa shape index (κ3) is 3.51. The van der Waals surface area contributed by atoms with Crippen molar-refractivity contribution in [3.63, 3.8) is 0 Å². The lowest BCUT2D eigenvalue weighted by Crippen LogP contribution is -2.35. The van der Waals surface area contributed by atoms with Gasteiger partial charge in [0.15, 0.2) is 23.0 Å². The van der Waals surface area contributed by atoms with Gasteiger partial charge in [0.2, 0.25) is 13.6 Å². The van der Waals surface area contributed by atoms with Crippen LogP contribution in [0.3, 0.4) is 0 Å². The van der Waals surface area contributed by atoms with Gasteiger partial charge in [-0.2, -0.15) is 0 Å². The lowest BCUT2D eigenvalue weighted by molar-refractivity contribution is -0.130. The van der Waals surface area contributed by atoms with Crippen LogP contribution < -0.4 is 24.4 Å². The number of nitrogens with one attached hydrogen (secondary N) is 1. The predicted octanol–water partition coefficient (Wildman–Crippen LogP) is 1.65. The molecule has 2 N–H and O–H groups in total. The van der Waals surface area contributed by atoms with Crippen LogP contribution >= 0.6 is 0 Å². The Morgan fingerprint density at radius 2 is 1.38 bits per heavy atom. The summed E-state index contributed by atoms with van der Waals surface area (Å²) in [7, 11) is 0. The van der Waals surface area contributed by atoms with Crippen LogP contribution in [0.25, 0.3) is 0 Å². The van der Waals surface area contributed by atoms with Crippen LogP contribution in [0, 0.1) is 0 Å². The summed E-state index contributed by atoms with van der Waals surface area (Å²) >= 11 is 0. The number of rotatable bonds is 6. The largest absolute Gasteiger partial charge is 0.454 e. The summed E-state index contributed by atoms with van der Waals surface area (Å²) in [4.78, 5) is 13.6. The molecule has 0 fully saturated rings. The molecule has 0 saturated heterocycles. The van der Waals surface area contributed by atoms with Crippen LogP contribution in [-0.4, -0.2) is 36.1 Å². The molecule has 2 aromatic carbocycles. The Hall–Kier alpha value is -2.97.